The van der Waals surface area contributed by atoms with E-state index in [9.17, 15) is 9.59 Å². The predicted octanol–water partition coefficient (Wildman–Crippen LogP) is 0.901. The zero-order chi connectivity index (χ0) is 17.4. The van der Waals surface area contributed by atoms with Crippen molar-refractivity contribution in [2.75, 3.05) is 18.9 Å². The number of fused-ring (bicyclic) bond motifs is 1. The maximum atomic E-state index is 12.6. The van der Waals surface area contributed by atoms with E-state index in [1.807, 2.05) is 6.07 Å². The van der Waals surface area contributed by atoms with Crippen LogP contribution in [-0.4, -0.2) is 39.5 Å². The van der Waals surface area contributed by atoms with Crippen LogP contribution in [0.4, 0.5) is 0 Å². The Bertz CT molecular complexity index is 813. The van der Waals surface area contributed by atoms with Gasteiger partial charge in [-0.25, -0.2) is 4.98 Å². The number of nitriles is 1. The Morgan fingerprint density at radius 3 is 2.96 bits per heavy atom. The molecule has 0 saturated heterocycles. The Balaban J connectivity index is 2.22. The summed E-state index contributed by atoms with van der Waals surface area (Å²) in [6.45, 7) is 0.613. The first kappa shape index (κ1) is 18.0. The molecule has 0 saturated carbocycles. The number of hydrogen-bond donors (Lipinski definition) is 2. The number of thioether (sulfide) groups is 1. The van der Waals surface area contributed by atoms with Gasteiger partial charge in [-0.05, 0) is 18.6 Å². The Hall–Kier alpha value is -2.37. The molecule has 0 fully saturated rings. The van der Waals surface area contributed by atoms with Crippen LogP contribution in [0.25, 0.3) is 10.9 Å². The molecule has 0 atom stereocenters. The van der Waals surface area contributed by atoms with Crippen molar-refractivity contribution in [1.29, 1.82) is 5.26 Å². The third kappa shape index (κ3) is 4.57. The fraction of sp³-hybridized carbons (Fsp3) is 0.375. The molecule has 2 aromatic rings. The lowest BCUT2D eigenvalue weighted by Gasteiger charge is -2.12. The summed E-state index contributed by atoms with van der Waals surface area (Å²) in [7, 11) is 0. The Morgan fingerprint density at radius 2 is 2.21 bits per heavy atom. The van der Waals surface area contributed by atoms with Gasteiger partial charge in [0.05, 0.1) is 29.1 Å². The molecule has 0 aliphatic heterocycles. The van der Waals surface area contributed by atoms with Crippen LogP contribution in [0.3, 0.4) is 0 Å². The molecule has 1 heterocycles. The van der Waals surface area contributed by atoms with Gasteiger partial charge in [-0.2, -0.15) is 5.26 Å². The predicted molar refractivity (Wildman–Crippen MR) is 91.7 cm³/mol. The summed E-state index contributed by atoms with van der Waals surface area (Å²) in [5, 5.41) is 21.1. The van der Waals surface area contributed by atoms with E-state index in [4.69, 9.17) is 10.4 Å². The van der Waals surface area contributed by atoms with Gasteiger partial charge < -0.3 is 10.4 Å². The van der Waals surface area contributed by atoms with Crippen molar-refractivity contribution in [3.63, 3.8) is 0 Å². The van der Waals surface area contributed by atoms with Gasteiger partial charge in [-0.3, -0.25) is 14.2 Å². The lowest BCUT2D eigenvalue weighted by atomic mass is 10.2. The molecule has 7 nitrogen and oxygen atoms in total. The van der Waals surface area contributed by atoms with Crippen molar-refractivity contribution in [1.82, 2.24) is 14.9 Å². The number of rotatable bonds is 8. The fourth-order valence-corrected chi connectivity index (χ4v) is 2.98. The third-order valence-electron chi connectivity index (χ3n) is 3.26. The normalized spacial score (nSPS) is 10.5. The Labute approximate surface area is 143 Å². The third-order valence-corrected chi connectivity index (χ3v) is 4.23. The molecule has 0 spiro atoms. The lowest BCUT2D eigenvalue weighted by Crippen LogP contribution is -2.27. The zero-order valence-electron chi connectivity index (χ0n) is 13.1. The van der Waals surface area contributed by atoms with E-state index in [1.54, 1.807) is 24.3 Å². The Kier molecular flexibility index (Phi) is 6.78. The highest BCUT2D eigenvalue weighted by molar-refractivity contribution is 7.99. The minimum Gasteiger partial charge on any atom is -0.396 e. The monoisotopic (exact) mass is 346 g/mol. The molecule has 2 rings (SSSR count). The number of nitrogens with one attached hydrogen (secondary N) is 1. The van der Waals surface area contributed by atoms with Crippen LogP contribution in [0, 0.1) is 11.3 Å². The highest BCUT2D eigenvalue weighted by atomic mass is 32.2. The SMILES string of the molecule is N#CCCNC(=O)CSc1nc2ccccc2c(=O)n1CCCO. The first-order valence-corrected chi connectivity index (χ1v) is 8.53. The van der Waals surface area contributed by atoms with E-state index in [1.165, 1.54) is 16.3 Å². The molecule has 1 aromatic carbocycles. The summed E-state index contributed by atoms with van der Waals surface area (Å²) in [5.41, 5.74) is 0.400. The largest absolute Gasteiger partial charge is 0.396 e. The minimum absolute atomic E-state index is 0.0297. The van der Waals surface area contributed by atoms with Crippen molar-refractivity contribution in [2.45, 2.75) is 24.5 Å². The highest BCUT2D eigenvalue weighted by Gasteiger charge is 2.12. The number of aromatic nitrogens is 2. The van der Waals surface area contributed by atoms with Gasteiger partial charge >= 0.3 is 0 Å². The number of nitrogens with zero attached hydrogens (tertiary/aromatic N) is 3. The first-order valence-electron chi connectivity index (χ1n) is 7.54. The molecule has 0 unspecified atom stereocenters. The summed E-state index contributed by atoms with van der Waals surface area (Å²) < 4.78 is 1.49. The Morgan fingerprint density at radius 1 is 1.42 bits per heavy atom. The maximum absolute atomic E-state index is 12.6. The molecular formula is C16H18N4O3S. The number of carbonyl (C=O) groups excluding carboxylic acids is 1. The van der Waals surface area contributed by atoms with Crippen LogP contribution in [0.2, 0.25) is 0 Å². The lowest BCUT2D eigenvalue weighted by molar-refractivity contribution is -0.118. The van der Waals surface area contributed by atoms with Crippen molar-refractivity contribution in [3.05, 3.63) is 34.6 Å². The van der Waals surface area contributed by atoms with Crippen LogP contribution in [-0.2, 0) is 11.3 Å². The summed E-state index contributed by atoms with van der Waals surface area (Å²) in [5.74, 6) is -0.110. The molecule has 24 heavy (non-hydrogen) atoms. The molecule has 0 bridgehead atoms. The van der Waals surface area contributed by atoms with E-state index in [0.29, 0.717) is 35.6 Å². The van der Waals surface area contributed by atoms with Crippen LogP contribution in [0.1, 0.15) is 12.8 Å². The van der Waals surface area contributed by atoms with E-state index < -0.39 is 0 Å². The van der Waals surface area contributed by atoms with Crippen molar-refractivity contribution >= 4 is 28.6 Å². The van der Waals surface area contributed by atoms with Crippen LogP contribution >= 0.6 is 11.8 Å². The summed E-state index contributed by atoms with van der Waals surface area (Å²) in [6, 6.07) is 9.00. The van der Waals surface area contributed by atoms with E-state index >= 15 is 0 Å². The molecule has 1 aromatic heterocycles. The number of para-hydroxylation sites is 1. The average molecular weight is 346 g/mol. The van der Waals surface area contributed by atoms with Gasteiger partial charge in [0.1, 0.15) is 0 Å². The maximum Gasteiger partial charge on any atom is 0.262 e. The van der Waals surface area contributed by atoms with E-state index in [0.717, 1.165) is 0 Å². The molecule has 1 amide bonds. The quantitative estimate of drug-likeness (QED) is 0.418. The molecule has 126 valence electrons. The van der Waals surface area contributed by atoms with Gasteiger partial charge in [-0.1, -0.05) is 23.9 Å². The summed E-state index contributed by atoms with van der Waals surface area (Å²) in [4.78, 5) is 28.8. The second-order valence-electron chi connectivity index (χ2n) is 4.99. The second-order valence-corrected chi connectivity index (χ2v) is 5.93. The van der Waals surface area contributed by atoms with Crippen LogP contribution < -0.4 is 10.9 Å². The van der Waals surface area contributed by atoms with Crippen LogP contribution in [0.5, 0.6) is 0 Å². The minimum atomic E-state index is -0.216. The number of aliphatic hydroxyl groups is 1. The average Bonchev–Trinajstić information content (AvgIpc) is 2.59. The van der Waals surface area contributed by atoms with Crippen molar-refractivity contribution < 1.29 is 9.90 Å². The smallest absolute Gasteiger partial charge is 0.262 e. The molecule has 0 radical (unpaired) electrons. The molecular weight excluding hydrogens is 328 g/mol. The standard InChI is InChI=1S/C16H18N4O3S/c17-7-3-8-18-14(22)11-24-16-19-13-6-2-1-5-12(13)15(23)20(16)9-4-10-21/h1-2,5-6,21H,3-4,8-11H2,(H,18,22). The van der Waals surface area contributed by atoms with Gasteiger partial charge in [-0.15, -0.1) is 0 Å². The van der Waals surface area contributed by atoms with Gasteiger partial charge in [0, 0.05) is 19.7 Å². The number of benzene rings is 1. The molecule has 2 N–H and O–H groups in total. The molecule has 8 heteroatoms. The molecule has 0 aliphatic carbocycles. The van der Waals surface area contributed by atoms with Crippen molar-refractivity contribution in [2.24, 2.45) is 0 Å². The highest BCUT2D eigenvalue weighted by Crippen LogP contribution is 2.17. The first-order chi connectivity index (χ1) is 11.7. The zero-order valence-corrected chi connectivity index (χ0v) is 13.9. The van der Waals surface area contributed by atoms with Gasteiger partial charge in [0.2, 0.25) is 5.91 Å². The number of aliphatic hydroxyl groups excluding tert-OH is 1. The fourth-order valence-electron chi connectivity index (χ4n) is 2.12. The van der Waals surface area contributed by atoms with E-state index in [2.05, 4.69) is 10.3 Å². The van der Waals surface area contributed by atoms with Crippen molar-refractivity contribution in [3.8, 4) is 6.07 Å². The van der Waals surface area contributed by atoms with Crippen LogP contribution in [0.15, 0.2) is 34.2 Å². The van der Waals surface area contributed by atoms with E-state index in [-0.39, 0.29) is 30.2 Å². The number of hydrogen-bond acceptors (Lipinski definition) is 6. The molecule has 0 aliphatic rings. The number of amides is 1. The van der Waals surface area contributed by atoms with Gasteiger partial charge in [0.15, 0.2) is 5.16 Å². The van der Waals surface area contributed by atoms with Gasteiger partial charge in [0.25, 0.3) is 5.56 Å². The topological polar surface area (TPSA) is 108 Å². The summed E-state index contributed by atoms with van der Waals surface area (Å²) in [6.07, 6.45) is 0.688. The second kappa shape index (κ2) is 9.05. The number of carbonyl (C=O) groups is 1. The summed E-state index contributed by atoms with van der Waals surface area (Å²) >= 11 is 1.17.